The van der Waals surface area contributed by atoms with Gasteiger partial charge in [0.15, 0.2) is 0 Å². The summed E-state index contributed by atoms with van der Waals surface area (Å²) in [6.07, 6.45) is 3.09. The molecule has 1 aliphatic heterocycles. The Kier molecular flexibility index (Phi) is 5.98. The highest BCUT2D eigenvalue weighted by Gasteiger charge is 2.28. The molecule has 0 spiro atoms. The van der Waals surface area contributed by atoms with Gasteiger partial charge in [0.1, 0.15) is 12.3 Å². The van der Waals surface area contributed by atoms with Crippen LogP contribution in [0.4, 0.5) is 5.69 Å². The lowest BCUT2D eigenvalue weighted by Gasteiger charge is -2.33. The number of nitrogens with zero attached hydrogens (tertiary/aromatic N) is 2. The Morgan fingerprint density at radius 3 is 2.75 bits per heavy atom. The third-order valence-electron chi connectivity index (χ3n) is 4.10. The zero-order chi connectivity index (χ0) is 17.9. The van der Waals surface area contributed by atoms with E-state index in [4.69, 9.17) is 16.3 Å². The quantitative estimate of drug-likeness (QED) is 0.793. The van der Waals surface area contributed by atoms with Crippen molar-refractivity contribution in [2.24, 2.45) is 5.92 Å². The highest BCUT2D eigenvalue weighted by Crippen LogP contribution is 2.32. The molecule has 0 unspecified atom stereocenters. The molecular formula is C16H23ClN2O4S. The number of halogens is 1. The van der Waals surface area contributed by atoms with Gasteiger partial charge in [-0.2, -0.15) is 0 Å². The molecule has 1 amide bonds. The van der Waals surface area contributed by atoms with Gasteiger partial charge in [-0.15, -0.1) is 0 Å². The van der Waals surface area contributed by atoms with E-state index in [9.17, 15) is 13.2 Å². The van der Waals surface area contributed by atoms with Gasteiger partial charge in [0, 0.05) is 18.1 Å². The van der Waals surface area contributed by atoms with Crippen LogP contribution in [-0.4, -0.2) is 52.2 Å². The molecule has 134 valence electrons. The van der Waals surface area contributed by atoms with Gasteiger partial charge in [0.25, 0.3) is 0 Å². The molecule has 1 aliphatic rings. The van der Waals surface area contributed by atoms with Crippen molar-refractivity contribution in [1.82, 2.24) is 4.90 Å². The minimum atomic E-state index is -3.67. The molecule has 0 bridgehead atoms. The highest BCUT2D eigenvalue weighted by molar-refractivity contribution is 7.92. The zero-order valence-electron chi connectivity index (χ0n) is 14.2. The molecule has 0 N–H and O–H groups in total. The first kappa shape index (κ1) is 18.9. The van der Waals surface area contributed by atoms with Gasteiger partial charge in [-0.1, -0.05) is 18.5 Å². The summed E-state index contributed by atoms with van der Waals surface area (Å²) in [6.45, 7) is 3.15. The molecule has 0 radical (unpaired) electrons. The number of carbonyl (C=O) groups excluding carboxylic acids is 1. The van der Waals surface area contributed by atoms with Gasteiger partial charge in [-0.3, -0.25) is 9.10 Å². The molecule has 24 heavy (non-hydrogen) atoms. The fourth-order valence-corrected chi connectivity index (χ4v) is 3.89. The van der Waals surface area contributed by atoms with E-state index in [-0.39, 0.29) is 18.1 Å². The lowest BCUT2D eigenvalue weighted by molar-refractivity contribution is -0.131. The monoisotopic (exact) mass is 374 g/mol. The maximum Gasteiger partial charge on any atom is 0.243 e. The van der Waals surface area contributed by atoms with E-state index in [0.29, 0.717) is 29.8 Å². The lowest BCUT2D eigenvalue weighted by Crippen LogP contribution is -2.46. The van der Waals surface area contributed by atoms with Crippen molar-refractivity contribution in [2.45, 2.75) is 19.8 Å². The maximum atomic E-state index is 12.6. The number of hydrogen-bond acceptors (Lipinski definition) is 4. The topological polar surface area (TPSA) is 66.9 Å². The Morgan fingerprint density at radius 2 is 2.17 bits per heavy atom. The molecule has 1 atom stereocenters. The summed E-state index contributed by atoms with van der Waals surface area (Å²) in [5.41, 5.74) is 0.269. The molecule has 1 saturated heterocycles. The second-order valence-corrected chi connectivity index (χ2v) is 8.52. The van der Waals surface area contributed by atoms with Crippen LogP contribution in [0.15, 0.2) is 18.2 Å². The molecular weight excluding hydrogens is 352 g/mol. The third kappa shape index (κ3) is 4.54. The summed E-state index contributed by atoms with van der Waals surface area (Å²) >= 11 is 6.00. The number of benzene rings is 1. The van der Waals surface area contributed by atoms with E-state index in [1.165, 1.54) is 13.2 Å². The van der Waals surface area contributed by atoms with Gasteiger partial charge in [-0.05, 0) is 37.0 Å². The minimum Gasteiger partial charge on any atom is -0.495 e. The number of anilines is 1. The Morgan fingerprint density at radius 1 is 1.46 bits per heavy atom. The summed E-state index contributed by atoms with van der Waals surface area (Å²) in [6, 6.07) is 4.69. The van der Waals surface area contributed by atoms with Gasteiger partial charge in [-0.25, -0.2) is 8.42 Å². The Labute approximate surface area is 148 Å². The van der Waals surface area contributed by atoms with Gasteiger partial charge >= 0.3 is 0 Å². The predicted molar refractivity (Wildman–Crippen MR) is 95.2 cm³/mol. The van der Waals surface area contributed by atoms with Crippen molar-refractivity contribution in [1.29, 1.82) is 0 Å². The summed E-state index contributed by atoms with van der Waals surface area (Å²) in [4.78, 5) is 14.3. The number of carbonyl (C=O) groups is 1. The van der Waals surface area contributed by atoms with E-state index in [2.05, 4.69) is 6.92 Å². The molecule has 1 heterocycles. The second kappa shape index (κ2) is 7.61. The molecule has 0 aromatic heterocycles. The normalized spacial score (nSPS) is 18.3. The Bertz CT molecular complexity index is 708. The fourth-order valence-electron chi connectivity index (χ4n) is 2.88. The van der Waals surface area contributed by atoms with E-state index in [1.54, 1.807) is 17.0 Å². The largest absolute Gasteiger partial charge is 0.495 e. The Hall–Kier alpha value is -1.47. The highest BCUT2D eigenvalue weighted by atomic mass is 35.5. The van der Waals surface area contributed by atoms with E-state index >= 15 is 0 Å². The van der Waals surface area contributed by atoms with Crippen molar-refractivity contribution >= 4 is 33.2 Å². The van der Waals surface area contributed by atoms with Crippen LogP contribution >= 0.6 is 11.6 Å². The number of ether oxygens (including phenoxy) is 1. The number of rotatable bonds is 5. The molecule has 0 aliphatic carbocycles. The maximum absolute atomic E-state index is 12.6. The Balaban J connectivity index is 2.30. The summed E-state index contributed by atoms with van der Waals surface area (Å²) in [7, 11) is -2.22. The van der Waals surface area contributed by atoms with Crippen LogP contribution in [0.3, 0.4) is 0 Å². The van der Waals surface area contributed by atoms with Crippen LogP contribution < -0.4 is 9.04 Å². The van der Waals surface area contributed by atoms with Crippen LogP contribution in [0.25, 0.3) is 0 Å². The van der Waals surface area contributed by atoms with Crippen LogP contribution in [0.2, 0.25) is 5.02 Å². The SMILES string of the molecule is COc1ccc(Cl)cc1N(CC(=O)N1CCC[C@H](C)C1)S(C)(=O)=O. The third-order valence-corrected chi connectivity index (χ3v) is 5.46. The second-order valence-electron chi connectivity index (χ2n) is 6.17. The average molecular weight is 375 g/mol. The number of hydrogen-bond donors (Lipinski definition) is 0. The minimum absolute atomic E-state index is 0.214. The molecule has 1 aromatic rings. The van der Waals surface area contributed by atoms with Crippen LogP contribution in [0.1, 0.15) is 19.8 Å². The first-order valence-electron chi connectivity index (χ1n) is 7.81. The van der Waals surface area contributed by atoms with E-state index in [0.717, 1.165) is 23.4 Å². The lowest BCUT2D eigenvalue weighted by atomic mass is 10.0. The number of likely N-dealkylation sites (tertiary alicyclic amines) is 1. The molecule has 8 heteroatoms. The smallest absolute Gasteiger partial charge is 0.243 e. The fraction of sp³-hybridized carbons (Fsp3) is 0.562. The first-order valence-corrected chi connectivity index (χ1v) is 10.0. The van der Waals surface area contributed by atoms with Crippen molar-refractivity contribution in [3.8, 4) is 5.75 Å². The zero-order valence-corrected chi connectivity index (χ0v) is 15.7. The van der Waals surface area contributed by atoms with E-state index < -0.39 is 10.0 Å². The molecule has 1 aromatic carbocycles. The van der Waals surface area contributed by atoms with Gasteiger partial charge < -0.3 is 9.64 Å². The van der Waals surface area contributed by atoms with Crippen LogP contribution in [0.5, 0.6) is 5.75 Å². The van der Waals surface area contributed by atoms with Crippen molar-refractivity contribution in [3.63, 3.8) is 0 Å². The van der Waals surface area contributed by atoms with Gasteiger partial charge in [0.05, 0.1) is 19.1 Å². The molecule has 6 nitrogen and oxygen atoms in total. The summed E-state index contributed by atoms with van der Waals surface area (Å²) < 4.78 is 30.8. The van der Waals surface area contributed by atoms with Gasteiger partial charge in [0.2, 0.25) is 15.9 Å². The molecule has 0 saturated carbocycles. The van der Waals surface area contributed by atoms with Crippen LogP contribution in [0, 0.1) is 5.92 Å². The van der Waals surface area contributed by atoms with E-state index in [1.807, 2.05) is 0 Å². The summed E-state index contributed by atoms with van der Waals surface area (Å²) in [5.74, 6) is 0.564. The molecule has 2 rings (SSSR count). The van der Waals surface area contributed by atoms with Crippen molar-refractivity contribution < 1.29 is 17.9 Å². The summed E-state index contributed by atoms with van der Waals surface area (Å²) in [5, 5.41) is 0.374. The number of methoxy groups -OCH3 is 1. The standard InChI is InChI=1S/C16H23ClN2O4S/c1-12-5-4-8-18(10-12)16(20)11-19(24(3,21)22)14-9-13(17)6-7-15(14)23-2/h6-7,9,12H,4-5,8,10-11H2,1-3H3/t12-/m0/s1. The van der Waals surface area contributed by atoms with Crippen molar-refractivity contribution in [3.05, 3.63) is 23.2 Å². The number of piperidine rings is 1. The predicted octanol–water partition coefficient (Wildman–Crippen LogP) is 2.37. The van der Waals surface area contributed by atoms with Crippen LogP contribution in [-0.2, 0) is 14.8 Å². The number of amides is 1. The molecule has 1 fully saturated rings. The average Bonchev–Trinajstić information content (AvgIpc) is 2.51. The first-order chi connectivity index (χ1) is 11.2. The van der Waals surface area contributed by atoms with Crippen molar-refractivity contribution in [2.75, 3.05) is 37.3 Å². The number of sulfonamides is 1.